The largest absolute Gasteiger partial charge is 0.484 e. The van der Waals surface area contributed by atoms with Crippen molar-refractivity contribution in [2.24, 2.45) is 0 Å². The van der Waals surface area contributed by atoms with Crippen molar-refractivity contribution in [3.05, 3.63) is 63.3 Å². The van der Waals surface area contributed by atoms with Gasteiger partial charge in [-0.2, -0.15) is 0 Å². The summed E-state index contributed by atoms with van der Waals surface area (Å²) in [7, 11) is 0. The van der Waals surface area contributed by atoms with Gasteiger partial charge in [-0.1, -0.05) is 41.9 Å². The molecule has 0 aromatic heterocycles. The van der Waals surface area contributed by atoms with Crippen LogP contribution in [0.5, 0.6) is 5.75 Å². The molecule has 4 heteroatoms. The minimum absolute atomic E-state index is 0.0740. The molecule has 0 atom stereocenters. The van der Waals surface area contributed by atoms with Crippen molar-refractivity contribution in [1.82, 2.24) is 0 Å². The number of ether oxygens (including phenoxy) is 1. The van der Waals surface area contributed by atoms with Gasteiger partial charge in [0.05, 0.1) is 9.50 Å². The second kappa shape index (κ2) is 5.52. The third-order valence-corrected chi connectivity index (χ3v) is 3.14. The second-order valence-electron chi connectivity index (χ2n) is 3.45. The third kappa shape index (κ3) is 2.99. The number of halogens is 3. The topological polar surface area (TPSA) is 9.23 Å². The molecule has 0 aliphatic rings. The Balaban J connectivity index is 2.17. The lowest BCUT2D eigenvalue weighted by molar-refractivity contribution is 0.290. The molecule has 0 aliphatic carbocycles. The molecule has 0 amide bonds. The first kappa shape index (κ1) is 12.4. The van der Waals surface area contributed by atoms with E-state index in [-0.39, 0.29) is 17.4 Å². The minimum atomic E-state index is -0.478. The summed E-state index contributed by atoms with van der Waals surface area (Å²) >= 11 is 8.97. The van der Waals surface area contributed by atoms with Crippen LogP contribution in [0.2, 0.25) is 5.02 Å². The van der Waals surface area contributed by atoms with Gasteiger partial charge in [-0.25, -0.2) is 4.39 Å². The van der Waals surface area contributed by atoms with E-state index in [1.165, 1.54) is 0 Å². The highest BCUT2D eigenvalue weighted by molar-refractivity contribution is 9.10. The SMILES string of the molecule is Fc1c(Br)ccc(Cl)c1OCc1ccccc1. The van der Waals surface area contributed by atoms with E-state index in [2.05, 4.69) is 15.9 Å². The van der Waals surface area contributed by atoms with Crippen LogP contribution in [0, 0.1) is 5.82 Å². The average Bonchev–Trinajstić information content (AvgIpc) is 2.35. The quantitative estimate of drug-likeness (QED) is 0.738. The number of rotatable bonds is 3. The molecule has 0 bridgehead atoms. The summed E-state index contributed by atoms with van der Waals surface area (Å²) < 4.78 is 19.4. The lowest BCUT2D eigenvalue weighted by Gasteiger charge is -2.09. The molecule has 17 heavy (non-hydrogen) atoms. The molecule has 1 nitrogen and oxygen atoms in total. The van der Waals surface area contributed by atoms with Crippen molar-refractivity contribution in [2.45, 2.75) is 6.61 Å². The van der Waals surface area contributed by atoms with Crippen LogP contribution in [0.15, 0.2) is 46.9 Å². The van der Waals surface area contributed by atoms with Crippen molar-refractivity contribution in [2.75, 3.05) is 0 Å². The van der Waals surface area contributed by atoms with Gasteiger partial charge in [-0.15, -0.1) is 0 Å². The molecule has 0 saturated carbocycles. The minimum Gasteiger partial charge on any atom is -0.484 e. The summed E-state index contributed by atoms with van der Waals surface area (Å²) in [5.74, 6) is -0.404. The van der Waals surface area contributed by atoms with Gasteiger partial charge in [0.1, 0.15) is 6.61 Å². The lowest BCUT2D eigenvalue weighted by atomic mass is 10.2. The van der Waals surface area contributed by atoms with E-state index in [0.717, 1.165) is 5.56 Å². The van der Waals surface area contributed by atoms with Gasteiger partial charge >= 0.3 is 0 Å². The highest BCUT2D eigenvalue weighted by Crippen LogP contribution is 2.33. The van der Waals surface area contributed by atoms with Crippen LogP contribution in [0.25, 0.3) is 0 Å². The summed E-state index contributed by atoms with van der Waals surface area (Å²) in [4.78, 5) is 0. The zero-order valence-electron chi connectivity index (χ0n) is 8.79. The van der Waals surface area contributed by atoms with Crippen LogP contribution < -0.4 is 4.74 Å². The van der Waals surface area contributed by atoms with E-state index >= 15 is 0 Å². The lowest BCUT2D eigenvalue weighted by Crippen LogP contribution is -1.98. The summed E-state index contributed by atoms with van der Waals surface area (Å²) in [6.07, 6.45) is 0. The van der Waals surface area contributed by atoms with Crippen LogP contribution in [0.1, 0.15) is 5.56 Å². The fraction of sp³-hybridized carbons (Fsp3) is 0.0769. The van der Waals surface area contributed by atoms with Crippen LogP contribution in [0.4, 0.5) is 4.39 Å². The number of hydrogen-bond donors (Lipinski definition) is 0. The molecule has 0 fully saturated rings. The fourth-order valence-electron chi connectivity index (χ4n) is 1.37. The second-order valence-corrected chi connectivity index (χ2v) is 4.71. The summed E-state index contributed by atoms with van der Waals surface area (Å²) in [5.41, 5.74) is 0.961. The van der Waals surface area contributed by atoms with Crippen molar-refractivity contribution >= 4 is 27.5 Å². The Bertz CT molecular complexity index is 516. The molecule has 88 valence electrons. The van der Waals surface area contributed by atoms with Crippen LogP contribution in [-0.4, -0.2) is 0 Å². The maximum absolute atomic E-state index is 13.7. The van der Waals surface area contributed by atoms with Crippen LogP contribution in [0.3, 0.4) is 0 Å². The molecule has 0 spiro atoms. The van der Waals surface area contributed by atoms with Crippen LogP contribution >= 0.6 is 27.5 Å². The summed E-state index contributed by atoms with van der Waals surface area (Å²) in [6.45, 7) is 0.286. The van der Waals surface area contributed by atoms with Gasteiger partial charge in [0.25, 0.3) is 0 Å². The monoisotopic (exact) mass is 314 g/mol. The van der Waals surface area contributed by atoms with Crippen LogP contribution in [-0.2, 0) is 6.61 Å². The maximum Gasteiger partial charge on any atom is 0.180 e. The molecule has 0 aliphatic heterocycles. The fourth-order valence-corrected chi connectivity index (χ4v) is 1.88. The van der Waals surface area contributed by atoms with E-state index < -0.39 is 5.82 Å². The van der Waals surface area contributed by atoms with Gasteiger partial charge in [0, 0.05) is 0 Å². The Labute approximate surface area is 112 Å². The zero-order valence-corrected chi connectivity index (χ0v) is 11.1. The Kier molecular flexibility index (Phi) is 4.02. The molecule has 2 aromatic carbocycles. The van der Waals surface area contributed by atoms with Gasteiger partial charge in [-0.3, -0.25) is 0 Å². The molecule has 0 saturated heterocycles. The van der Waals surface area contributed by atoms with E-state index in [0.29, 0.717) is 4.47 Å². The molecule has 0 heterocycles. The maximum atomic E-state index is 13.7. The molecule has 0 radical (unpaired) electrons. The number of hydrogen-bond acceptors (Lipinski definition) is 1. The Hall–Kier alpha value is -1.06. The van der Waals surface area contributed by atoms with E-state index in [1.54, 1.807) is 12.1 Å². The molecule has 2 aromatic rings. The molecule has 0 N–H and O–H groups in total. The van der Waals surface area contributed by atoms with E-state index in [1.807, 2.05) is 30.3 Å². The van der Waals surface area contributed by atoms with Crippen molar-refractivity contribution in [3.63, 3.8) is 0 Å². The predicted molar refractivity (Wildman–Crippen MR) is 69.9 cm³/mol. The molecule has 2 rings (SSSR count). The van der Waals surface area contributed by atoms with Gasteiger partial charge in [0.15, 0.2) is 11.6 Å². The van der Waals surface area contributed by atoms with E-state index in [4.69, 9.17) is 16.3 Å². The zero-order chi connectivity index (χ0) is 12.3. The predicted octanol–water partition coefficient (Wildman–Crippen LogP) is 4.82. The Morgan fingerprint density at radius 3 is 2.53 bits per heavy atom. The molecule has 0 unspecified atom stereocenters. The van der Waals surface area contributed by atoms with Crippen molar-refractivity contribution in [3.8, 4) is 5.75 Å². The average molecular weight is 316 g/mol. The van der Waals surface area contributed by atoms with Gasteiger partial charge in [-0.05, 0) is 33.6 Å². The van der Waals surface area contributed by atoms with Crippen molar-refractivity contribution in [1.29, 1.82) is 0 Å². The first-order chi connectivity index (χ1) is 8.18. The first-order valence-electron chi connectivity index (χ1n) is 4.98. The Morgan fingerprint density at radius 2 is 1.82 bits per heavy atom. The third-order valence-electron chi connectivity index (χ3n) is 2.23. The van der Waals surface area contributed by atoms with Gasteiger partial charge < -0.3 is 4.74 Å². The van der Waals surface area contributed by atoms with Gasteiger partial charge in [0.2, 0.25) is 0 Å². The summed E-state index contributed by atoms with van der Waals surface area (Å²) in [5, 5.41) is 0.265. The Morgan fingerprint density at radius 1 is 1.12 bits per heavy atom. The summed E-state index contributed by atoms with van der Waals surface area (Å²) in [6, 6.07) is 12.7. The molecular weight excluding hydrogens is 306 g/mol. The standard InChI is InChI=1S/C13H9BrClFO/c14-10-6-7-11(15)13(12(10)16)17-8-9-4-2-1-3-5-9/h1-7H,8H2. The van der Waals surface area contributed by atoms with E-state index in [9.17, 15) is 4.39 Å². The highest BCUT2D eigenvalue weighted by atomic mass is 79.9. The number of benzene rings is 2. The highest BCUT2D eigenvalue weighted by Gasteiger charge is 2.12. The smallest absolute Gasteiger partial charge is 0.180 e. The molecular formula is C13H9BrClFO. The van der Waals surface area contributed by atoms with Crippen molar-refractivity contribution < 1.29 is 9.13 Å². The first-order valence-corrected chi connectivity index (χ1v) is 6.16. The normalized spacial score (nSPS) is 10.3.